The quantitative estimate of drug-likeness (QED) is 0.854. The van der Waals surface area contributed by atoms with Crippen molar-refractivity contribution in [3.05, 3.63) is 42.0 Å². The van der Waals surface area contributed by atoms with Crippen LogP contribution in [0.2, 0.25) is 0 Å². The molecule has 2 rings (SSSR count). The van der Waals surface area contributed by atoms with Crippen molar-refractivity contribution in [2.75, 3.05) is 5.32 Å². The van der Waals surface area contributed by atoms with Crippen LogP contribution in [0.15, 0.2) is 36.4 Å². The van der Waals surface area contributed by atoms with Crippen LogP contribution in [0.1, 0.15) is 20.3 Å². The van der Waals surface area contributed by atoms with Crippen molar-refractivity contribution in [3.63, 3.8) is 0 Å². The molecular formula is C14H14N2O. The summed E-state index contributed by atoms with van der Waals surface area (Å²) in [6, 6.07) is 13.4. The van der Waals surface area contributed by atoms with Crippen molar-refractivity contribution >= 4 is 22.4 Å². The van der Waals surface area contributed by atoms with E-state index in [0.29, 0.717) is 17.7 Å². The van der Waals surface area contributed by atoms with Gasteiger partial charge >= 0.3 is 0 Å². The van der Waals surface area contributed by atoms with E-state index in [1.54, 1.807) is 13.0 Å². The highest BCUT2D eigenvalue weighted by molar-refractivity contribution is 6.04. The van der Waals surface area contributed by atoms with Crippen LogP contribution in [0.3, 0.4) is 0 Å². The van der Waals surface area contributed by atoms with E-state index in [0.717, 1.165) is 10.8 Å². The number of anilines is 1. The predicted molar refractivity (Wildman–Crippen MR) is 69.7 cm³/mol. The summed E-state index contributed by atoms with van der Waals surface area (Å²) in [7, 11) is 0. The van der Waals surface area contributed by atoms with Gasteiger partial charge in [0, 0.05) is 13.2 Å². The van der Waals surface area contributed by atoms with Crippen LogP contribution >= 0.6 is 0 Å². The van der Waals surface area contributed by atoms with Crippen LogP contribution in [0.5, 0.6) is 0 Å². The van der Waals surface area contributed by atoms with Crippen molar-refractivity contribution in [2.24, 2.45) is 0 Å². The second kappa shape index (κ2) is 4.67. The molecule has 0 unspecified atom stereocenters. The normalized spacial score (nSPS) is 9.88. The lowest BCUT2D eigenvalue weighted by atomic mass is 10.0. The van der Waals surface area contributed by atoms with Crippen LogP contribution in [0, 0.1) is 11.3 Å². The molecule has 86 valence electrons. The van der Waals surface area contributed by atoms with E-state index < -0.39 is 0 Å². The Morgan fingerprint density at radius 1 is 1.35 bits per heavy atom. The summed E-state index contributed by atoms with van der Waals surface area (Å²) in [4.78, 5) is 11.5. The van der Waals surface area contributed by atoms with Crippen molar-refractivity contribution in [3.8, 4) is 6.07 Å². The second-order valence-corrected chi connectivity index (χ2v) is 3.72. The lowest BCUT2D eigenvalue weighted by molar-refractivity contribution is -0.115. The molecule has 0 radical (unpaired) electrons. The number of hydrogen-bond donors (Lipinski definition) is 1. The Bertz CT molecular complexity index is 617. The fourth-order valence-electron chi connectivity index (χ4n) is 1.73. The number of carbonyl (C=O) groups excluding carboxylic acids is 1. The summed E-state index contributed by atoms with van der Waals surface area (Å²) in [5, 5.41) is 13.8. The average Bonchev–Trinajstić information content (AvgIpc) is 2.39. The minimum atomic E-state index is -0.0853. The average molecular weight is 226 g/mol. The van der Waals surface area contributed by atoms with Gasteiger partial charge in [-0.1, -0.05) is 37.3 Å². The predicted octanol–water partition coefficient (Wildman–Crippen LogP) is 3.31. The highest BCUT2D eigenvalue weighted by Crippen LogP contribution is 2.27. The standard InChI is InChI=1S/C14H12N2O.H2/c1-2-13(17)16-14-11(9-15)8-7-10-5-3-4-6-12(10)14;/h3-8H,2H2,1H3,(H,16,17);1H. The highest BCUT2D eigenvalue weighted by Gasteiger charge is 2.09. The number of fused-ring (bicyclic) bond motifs is 1. The minimum Gasteiger partial charge on any atom is -0.324 e. The maximum Gasteiger partial charge on any atom is 0.224 e. The lowest BCUT2D eigenvalue weighted by Crippen LogP contribution is -2.11. The Hall–Kier alpha value is -2.34. The Morgan fingerprint density at radius 2 is 2.12 bits per heavy atom. The zero-order valence-electron chi connectivity index (χ0n) is 9.53. The van der Waals surface area contributed by atoms with Crippen molar-refractivity contribution < 1.29 is 6.22 Å². The number of nitrogens with one attached hydrogen (secondary N) is 1. The molecule has 1 amide bonds. The number of nitrogens with zero attached hydrogens (tertiary/aromatic N) is 1. The van der Waals surface area contributed by atoms with Gasteiger partial charge in [-0.05, 0) is 11.5 Å². The maximum atomic E-state index is 11.5. The molecule has 0 saturated heterocycles. The van der Waals surface area contributed by atoms with E-state index in [2.05, 4.69) is 11.4 Å². The molecule has 0 aliphatic heterocycles. The number of rotatable bonds is 2. The van der Waals surface area contributed by atoms with Crippen LogP contribution in [0.4, 0.5) is 5.69 Å². The fraction of sp³-hybridized carbons (Fsp3) is 0.143. The number of benzene rings is 2. The smallest absolute Gasteiger partial charge is 0.224 e. The van der Waals surface area contributed by atoms with E-state index in [-0.39, 0.29) is 7.33 Å². The molecule has 0 spiro atoms. The van der Waals surface area contributed by atoms with Crippen molar-refractivity contribution in [2.45, 2.75) is 13.3 Å². The van der Waals surface area contributed by atoms with Crippen molar-refractivity contribution in [1.29, 1.82) is 5.26 Å². The van der Waals surface area contributed by atoms with Crippen LogP contribution in [-0.4, -0.2) is 5.91 Å². The first-order chi connectivity index (χ1) is 8.26. The third kappa shape index (κ3) is 2.11. The van der Waals surface area contributed by atoms with E-state index >= 15 is 0 Å². The van der Waals surface area contributed by atoms with Gasteiger partial charge in [0.1, 0.15) is 6.07 Å². The summed E-state index contributed by atoms with van der Waals surface area (Å²) in [6.07, 6.45) is 0.397. The molecule has 3 nitrogen and oxygen atoms in total. The van der Waals surface area contributed by atoms with Gasteiger partial charge in [-0.25, -0.2) is 0 Å². The van der Waals surface area contributed by atoms with Crippen LogP contribution in [-0.2, 0) is 4.79 Å². The molecule has 2 aromatic carbocycles. The first-order valence-corrected chi connectivity index (χ1v) is 5.48. The number of hydrogen-bond acceptors (Lipinski definition) is 2. The Labute approximate surface area is 101 Å². The van der Waals surface area contributed by atoms with E-state index in [1.165, 1.54) is 0 Å². The minimum absolute atomic E-state index is 0. The molecule has 0 aromatic heterocycles. The first-order valence-electron chi connectivity index (χ1n) is 5.48. The molecular weight excluding hydrogens is 212 g/mol. The summed E-state index contributed by atoms with van der Waals surface area (Å²) in [6.45, 7) is 1.78. The molecule has 0 aliphatic rings. The summed E-state index contributed by atoms with van der Waals surface area (Å²) < 4.78 is 0. The Balaban J connectivity index is 0.00000162. The lowest BCUT2D eigenvalue weighted by Gasteiger charge is -2.09. The SMILES string of the molecule is CCC(=O)Nc1c(C#N)ccc2ccccc12.[HH]. The monoisotopic (exact) mass is 226 g/mol. The van der Waals surface area contributed by atoms with E-state index in [9.17, 15) is 4.79 Å². The third-order valence-electron chi connectivity index (χ3n) is 2.64. The molecule has 1 N–H and O–H groups in total. The van der Waals surface area contributed by atoms with Gasteiger partial charge in [0.25, 0.3) is 0 Å². The number of amides is 1. The summed E-state index contributed by atoms with van der Waals surface area (Å²) in [5.41, 5.74) is 1.10. The topological polar surface area (TPSA) is 52.9 Å². The molecule has 17 heavy (non-hydrogen) atoms. The first kappa shape index (κ1) is 11.2. The second-order valence-electron chi connectivity index (χ2n) is 3.72. The Morgan fingerprint density at radius 3 is 2.82 bits per heavy atom. The van der Waals surface area contributed by atoms with Gasteiger partial charge < -0.3 is 5.32 Å². The van der Waals surface area contributed by atoms with Gasteiger partial charge in [0.05, 0.1) is 11.3 Å². The molecule has 2 aromatic rings. The molecule has 0 aliphatic carbocycles. The van der Waals surface area contributed by atoms with E-state index in [4.69, 9.17) is 5.26 Å². The number of nitriles is 1. The fourth-order valence-corrected chi connectivity index (χ4v) is 1.73. The molecule has 0 saturated carbocycles. The molecule has 0 fully saturated rings. The van der Waals surface area contributed by atoms with Gasteiger partial charge in [-0.3, -0.25) is 4.79 Å². The number of carbonyl (C=O) groups is 1. The molecule has 3 heteroatoms. The van der Waals surface area contributed by atoms with Crippen LogP contribution in [0.25, 0.3) is 10.8 Å². The Kier molecular flexibility index (Phi) is 3.06. The van der Waals surface area contributed by atoms with Crippen LogP contribution < -0.4 is 5.32 Å². The van der Waals surface area contributed by atoms with Gasteiger partial charge in [-0.2, -0.15) is 5.26 Å². The summed E-state index contributed by atoms with van der Waals surface area (Å²) in [5.74, 6) is -0.0853. The van der Waals surface area contributed by atoms with E-state index in [1.807, 2.05) is 30.3 Å². The van der Waals surface area contributed by atoms with Gasteiger partial charge in [0.15, 0.2) is 0 Å². The zero-order chi connectivity index (χ0) is 12.3. The van der Waals surface area contributed by atoms with Gasteiger partial charge in [-0.15, -0.1) is 0 Å². The molecule has 0 heterocycles. The van der Waals surface area contributed by atoms with Gasteiger partial charge in [0.2, 0.25) is 5.91 Å². The largest absolute Gasteiger partial charge is 0.324 e. The van der Waals surface area contributed by atoms with Crippen molar-refractivity contribution in [1.82, 2.24) is 0 Å². The molecule has 0 atom stereocenters. The highest BCUT2D eigenvalue weighted by atomic mass is 16.1. The zero-order valence-corrected chi connectivity index (χ0v) is 9.53. The third-order valence-corrected chi connectivity index (χ3v) is 2.64. The molecule has 0 bridgehead atoms. The maximum absolute atomic E-state index is 11.5. The summed E-state index contributed by atoms with van der Waals surface area (Å²) >= 11 is 0.